The van der Waals surface area contributed by atoms with Crippen LogP contribution in [0.25, 0.3) is 163 Å². The minimum Gasteiger partial charge on any atom is -0.489 e. The zero-order valence-electron chi connectivity index (χ0n) is 79.4. The first kappa shape index (κ1) is 83.1. The maximum atomic E-state index is 9.17. The fraction of sp³-hybridized carbons (Fsp3) is 0.467. The maximum absolute atomic E-state index is 9.17. The summed E-state index contributed by atoms with van der Waals surface area (Å²) >= 11 is 0. The highest BCUT2D eigenvalue weighted by molar-refractivity contribution is 6.38. The molecule has 642 valence electrons. The van der Waals surface area contributed by atoms with Crippen molar-refractivity contribution in [3.8, 4) is 56.4 Å². The highest BCUT2D eigenvalue weighted by Crippen LogP contribution is 2.64. The van der Waals surface area contributed by atoms with Crippen molar-refractivity contribution in [2.75, 3.05) is 0 Å². The molecule has 4 aliphatic carbocycles. The van der Waals surface area contributed by atoms with E-state index in [0.29, 0.717) is 59.2 Å². The molecular formula is C120H138O4. The van der Waals surface area contributed by atoms with E-state index in [2.05, 4.69) is 324 Å². The number of hydrogen-bond acceptors (Lipinski definition) is 4. The number of hydrogen-bond donors (Lipinski definition) is 0. The largest absolute Gasteiger partial charge is 0.489 e. The third kappa shape index (κ3) is 13.9. The van der Waals surface area contributed by atoms with Gasteiger partial charge in [-0.25, -0.2) is 0 Å². The Balaban J connectivity index is 1.05. The average Bonchev–Trinajstić information content (AvgIpc) is 0.681. The van der Waals surface area contributed by atoms with E-state index in [0.717, 1.165) is 108 Å². The lowest BCUT2D eigenvalue weighted by Crippen LogP contribution is -2.37. The van der Waals surface area contributed by atoms with Crippen molar-refractivity contribution in [1.29, 1.82) is 0 Å². The van der Waals surface area contributed by atoms with Gasteiger partial charge in [-0.05, 0) is 308 Å². The quantitative estimate of drug-likeness (QED) is 0.0959. The molecule has 0 heterocycles. The summed E-state index contributed by atoms with van der Waals surface area (Å²) in [6.45, 7) is 58.3. The van der Waals surface area contributed by atoms with Gasteiger partial charge >= 0.3 is 0 Å². The summed E-state index contributed by atoms with van der Waals surface area (Å²) in [6.07, 6.45) is 12.8. The molecule has 16 aromatic carbocycles. The third-order valence-corrected chi connectivity index (χ3v) is 32.2. The van der Waals surface area contributed by atoms with E-state index in [1.54, 1.807) is 0 Å². The summed E-state index contributed by atoms with van der Waals surface area (Å²) in [6, 6.07) is 65.1. The maximum Gasteiger partial charge on any atom is 0.136 e. The molecule has 0 aliphatic heterocycles. The molecule has 4 saturated carbocycles. The monoisotopic (exact) mass is 1640 g/mol. The van der Waals surface area contributed by atoms with Crippen LogP contribution in [-0.4, -0.2) is 24.4 Å². The molecule has 0 N–H and O–H groups in total. The van der Waals surface area contributed by atoms with Gasteiger partial charge in [-0.1, -0.05) is 337 Å². The van der Waals surface area contributed by atoms with Crippen molar-refractivity contribution < 1.29 is 18.9 Å². The van der Waals surface area contributed by atoms with E-state index < -0.39 is 0 Å². The Morgan fingerprint density at radius 1 is 0.226 bits per heavy atom. The van der Waals surface area contributed by atoms with Gasteiger partial charge in [-0.15, -0.1) is 0 Å². The number of benzene rings is 16. The number of ether oxygens (including phenoxy) is 4. The van der Waals surface area contributed by atoms with Crippen LogP contribution >= 0.6 is 0 Å². The molecule has 0 spiro atoms. The first-order valence-corrected chi connectivity index (χ1v) is 48.7. The average molecular weight is 1640 g/mol. The third-order valence-electron chi connectivity index (χ3n) is 32.2. The highest BCUT2D eigenvalue weighted by atomic mass is 16.5. The fourth-order valence-corrected chi connectivity index (χ4v) is 24.9. The van der Waals surface area contributed by atoms with Crippen LogP contribution in [0.2, 0.25) is 0 Å². The zero-order valence-corrected chi connectivity index (χ0v) is 79.4. The van der Waals surface area contributed by atoms with Crippen LogP contribution in [0.1, 0.15) is 265 Å². The summed E-state index contributed by atoms with van der Waals surface area (Å²) in [5.74, 6) is 8.53. The molecule has 0 saturated heterocycles. The van der Waals surface area contributed by atoms with Crippen LogP contribution in [0.4, 0.5) is 0 Å². The van der Waals surface area contributed by atoms with Crippen molar-refractivity contribution in [2.24, 2.45) is 71.0 Å². The predicted molar refractivity (Wildman–Crippen MR) is 535 cm³/mol. The molecule has 12 atom stereocenters. The van der Waals surface area contributed by atoms with Crippen molar-refractivity contribution in [3.63, 3.8) is 0 Å². The second-order valence-corrected chi connectivity index (χ2v) is 46.5. The molecule has 124 heavy (non-hydrogen) atoms. The van der Waals surface area contributed by atoms with Gasteiger partial charge in [0.15, 0.2) is 0 Å². The minimum atomic E-state index is -0.138. The summed E-state index contributed by atoms with van der Waals surface area (Å²) in [5, 5.41) is 30.0. The Morgan fingerprint density at radius 2 is 0.419 bits per heavy atom. The first-order chi connectivity index (χ1) is 58.9. The van der Waals surface area contributed by atoms with Gasteiger partial charge in [0.05, 0.1) is 0 Å². The summed E-state index contributed by atoms with van der Waals surface area (Å²) in [4.78, 5) is 0. The smallest absolute Gasteiger partial charge is 0.136 e. The molecule has 0 radical (unpaired) electrons. The first-order valence-electron chi connectivity index (χ1n) is 48.7. The SMILES string of the molecule is CC(C)[C@@H]1CC[C@@H](C)C[C@H]1Oc1cc2ccc3cc(C(C)(C)C)cc4ccc(c1-c1c(O[C@@H]5C[C@H](C)CC[C@H]5C(C)C)c(-c5c(O[C@@H]6C[C@H](C)CC[C@H]6C(C)C)c(-c6c(O[C@@H]7C[C@H](C)CC[C@H]7C(C)C)cc7ccc8cc(C(C)(C)C)cc9ccc6c7c89)c6ccc7cc(C(C)(C)C)cc8ccc5c6c78)c5ccc6cc(C(C)(C)C)cc7ccc1c5c76)c2c34. The molecule has 0 bridgehead atoms. The van der Waals surface area contributed by atoms with E-state index in [9.17, 15) is 9.47 Å². The van der Waals surface area contributed by atoms with Crippen molar-refractivity contribution in [2.45, 2.75) is 289 Å². The Hall–Kier alpha value is -9.12. The van der Waals surface area contributed by atoms with Crippen molar-refractivity contribution in [1.82, 2.24) is 0 Å². The van der Waals surface area contributed by atoms with Crippen molar-refractivity contribution >= 4 is 129 Å². The molecule has 0 aromatic heterocycles. The summed E-state index contributed by atoms with van der Waals surface area (Å²) in [7, 11) is 0. The van der Waals surface area contributed by atoms with Gasteiger partial charge < -0.3 is 18.9 Å². The van der Waals surface area contributed by atoms with Crippen LogP contribution in [0, 0.1) is 71.0 Å². The molecule has 4 nitrogen and oxygen atoms in total. The molecule has 0 unspecified atom stereocenters. The summed E-state index contributed by atoms with van der Waals surface area (Å²) in [5.41, 5.74) is 11.7. The van der Waals surface area contributed by atoms with Gasteiger partial charge in [0.1, 0.15) is 47.4 Å². The zero-order chi connectivity index (χ0) is 86.9. The fourth-order valence-electron chi connectivity index (χ4n) is 24.9. The highest BCUT2D eigenvalue weighted by Gasteiger charge is 2.44. The van der Waals surface area contributed by atoms with Crippen LogP contribution in [0.5, 0.6) is 23.0 Å². The summed E-state index contributed by atoms with van der Waals surface area (Å²) < 4.78 is 35.3. The van der Waals surface area contributed by atoms with Gasteiger partial charge in [-0.3, -0.25) is 0 Å². The van der Waals surface area contributed by atoms with Gasteiger partial charge in [-0.2, -0.15) is 0 Å². The molecule has 20 rings (SSSR count). The molecule has 0 amide bonds. The second kappa shape index (κ2) is 30.3. The number of rotatable bonds is 15. The van der Waals surface area contributed by atoms with Gasteiger partial charge in [0.2, 0.25) is 0 Å². The Morgan fingerprint density at radius 3 is 0.645 bits per heavy atom. The van der Waals surface area contributed by atoms with Crippen molar-refractivity contribution in [3.05, 3.63) is 180 Å². The van der Waals surface area contributed by atoms with E-state index in [4.69, 9.17) is 9.47 Å². The van der Waals surface area contributed by atoms with Crippen LogP contribution in [0.15, 0.2) is 158 Å². The molecular weight excluding hydrogens is 1510 g/mol. The van der Waals surface area contributed by atoms with E-state index in [-0.39, 0.29) is 57.9 Å². The lowest BCUT2D eigenvalue weighted by atomic mass is 9.74. The molecule has 16 aromatic rings. The second-order valence-electron chi connectivity index (χ2n) is 46.5. The Labute approximate surface area is 740 Å². The Bertz CT molecular complexity index is 6340. The standard InChI is InChI=1S/C120H138O4/c1-63(2)85-39-25-67(9)49-95(85)121-99-61-79-31-29-71-53-81(117(13,14)15)55-73-33-43-89(105(79)101(71)73)109(99)111-91-45-35-75-57-83(119(19,20)21)59-77-37-47-93(107(91)103(75)77)113(115(111)123-97-51-69(11)27-41-87(97)65(5)6)114-94-48-38-78-60-84(120(22,23)24)58-76-36-46-92(108(94)104(76)78)112(116(114)124-98-52-70(12)28-42-88(98)66(7)8)110-90-44-34-74-56-82(118(16,17)18)54-72-30-32-80(106(90)102(72)74)62-100(110)122-96-50-68(10)26-40-86(96)64(3)4/h29-38,43-48,53-70,85-88,95-98H,25-28,39-42,49-52H2,1-24H3/t67-,68-,69-,70-,85+,86+,87+,88+,95-,96-,97-,98-/m1/s1. The van der Waals surface area contributed by atoms with Gasteiger partial charge in [0.25, 0.3) is 0 Å². The van der Waals surface area contributed by atoms with E-state index in [1.807, 2.05) is 0 Å². The van der Waals surface area contributed by atoms with Crippen LogP contribution in [-0.2, 0) is 21.7 Å². The molecule has 4 fully saturated rings. The normalized spacial score (nSPS) is 23.2. The Kier molecular flexibility index (Phi) is 20.3. The van der Waals surface area contributed by atoms with Gasteiger partial charge in [0, 0.05) is 33.4 Å². The lowest BCUT2D eigenvalue weighted by molar-refractivity contribution is 0.0446. The van der Waals surface area contributed by atoms with E-state index >= 15 is 0 Å². The molecule has 4 aliphatic rings. The predicted octanol–water partition coefficient (Wildman–Crippen LogP) is 34.8. The van der Waals surface area contributed by atoms with Crippen LogP contribution < -0.4 is 18.9 Å². The van der Waals surface area contributed by atoms with E-state index in [1.165, 1.54) is 177 Å². The lowest BCUT2D eigenvalue weighted by Gasteiger charge is -2.40. The minimum absolute atomic E-state index is 0.0189. The van der Waals surface area contributed by atoms with Crippen LogP contribution in [0.3, 0.4) is 0 Å². The molecule has 4 heteroatoms. The topological polar surface area (TPSA) is 36.9 Å².